The minimum Gasteiger partial charge on any atom is -1.00 e. The van der Waals surface area contributed by atoms with Crippen LogP contribution < -0.4 is 28.5 Å². The SMILES string of the molecule is O=C(O)CC[n+]1ccc2ccccc2c1.[I-]. The maximum atomic E-state index is 10.4. The van der Waals surface area contributed by atoms with Crippen LogP contribution >= 0.6 is 0 Å². The normalized spacial score (nSPS) is 9.75. The molecule has 0 spiro atoms. The molecule has 2 aromatic rings. The zero-order valence-electron chi connectivity index (χ0n) is 8.64. The lowest BCUT2D eigenvalue weighted by Crippen LogP contribution is -3.00. The van der Waals surface area contributed by atoms with Crippen LogP contribution in [0.3, 0.4) is 0 Å². The van der Waals surface area contributed by atoms with Gasteiger partial charge in [0.25, 0.3) is 0 Å². The number of benzene rings is 1. The molecule has 0 radical (unpaired) electrons. The Morgan fingerprint density at radius 2 is 1.88 bits per heavy atom. The number of aliphatic carboxylic acids is 1. The molecule has 3 nitrogen and oxygen atoms in total. The van der Waals surface area contributed by atoms with Crippen molar-refractivity contribution in [2.45, 2.75) is 13.0 Å². The lowest BCUT2D eigenvalue weighted by molar-refractivity contribution is -0.694. The standard InChI is InChI=1S/C12H11NO2.HI/c14-12(15)6-8-13-7-5-10-3-1-2-4-11(10)9-13;/h1-5,7,9H,6,8H2;1H. The highest BCUT2D eigenvalue weighted by Crippen LogP contribution is 2.09. The molecule has 1 aromatic carbocycles. The summed E-state index contributed by atoms with van der Waals surface area (Å²) < 4.78 is 1.90. The monoisotopic (exact) mass is 329 g/mol. The van der Waals surface area contributed by atoms with E-state index in [1.807, 2.05) is 47.3 Å². The summed E-state index contributed by atoms with van der Waals surface area (Å²) in [6.07, 6.45) is 4.03. The molecule has 1 heterocycles. The fourth-order valence-corrected chi connectivity index (χ4v) is 1.54. The van der Waals surface area contributed by atoms with Crippen molar-refractivity contribution in [1.29, 1.82) is 0 Å². The van der Waals surface area contributed by atoms with Crippen LogP contribution in [0.5, 0.6) is 0 Å². The van der Waals surface area contributed by atoms with Crippen molar-refractivity contribution in [2.24, 2.45) is 0 Å². The number of fused-ring (bicyclic) bond motifs is 1. The van der Waals surface area contributed by atoms with E-state index in [0.29, 0.717) is 6.54 Å². The molecular weight excluding hydrogens is 317 g/mol. The Morgan fingerprint density at radius 3 is 2.56 bits per heavy atom. The van der Waals surface area contributed by atoms with Gasteiger partial charge in [0.1, 0.15) is 6.42 Å². The number of hydrogen-bond acceptors (Lipinski definition) is 1. The van der Waals surface area contributed by atoms with Crippen molar-refractivity contribution in [2.75, 3.05) is 0 Å². The van der Waals surface area contributed by atoms with Gasteiger partial charge in [-0.05, 0) is 11.5 Å². The third-order valence-electron chi connectivity index (χ3n) is 2.33. The van der Waals surface area contributed by atoms with E-state index in [1.54, 1.807) is 0 Å². The number of carbonyl (C=O) groups is 1. The summed E-state index contributed by atoms with van der Waals surface area (Å²) >= 11 is 0. The number of carboxylic acids is 1. The lowest BCUT2D eigenvalue weighted by Gasteiger charge is -1.97. The number of hydrogen-bond donors (Lipinski definition) is 1. The average Bonchev–Trinajstić information content (AvgIpc) is 2.26. The maximum absolute atomic E-state index is 10.4. The number of rotatable bonds is 3. The van der Waals surface area contributed by atoms with Gasteiger partial charge in [0.2, 0.25) is 0 Å². The smallest absolute Gasteiger partial charge is 0.309 e. The van der Waals surface area contributed by atoms with Gasteiger partial charge in [0, 0.05) is 11.5 Å². The molecular formula is C12H12INO2. The van der Waals surface area contributed by atoms with Crippen molar-refractivity contribution in [1.82, 2.24) is 0 Å². The molecule has 0 aliphatic carbocycles. The maximum Gasteiger partial charge on any atom is 0.309 e. The summed E-state index contributed by atoms with van der Waals surface area (Å²) in [4.78, 5) is 10.4. The first-order valence-electron chi connectivity index (χ1n) is 4.85. The zero-order chi connectivity index (χ0) is 10.7. The van der Waals surface area contributed by atoms with Gasteiger partial charge in [-0.25, -0.2) is 4.57 Å². The zero-order valence-corrected chi connectivity index (χ0v) is 10.8. The molecule has 0 saturated heterocycles. The van der Waals surface area contributed by atoms with Crippen LogP contribution in [0.1, 0.15) is 6.42 Å². The van der Waals surface area contributed by atoms with Gasteiger partial charge in [-0.15, -0.1) is 0 Å². The molecule has 1 aromatic heterocycles. The minimum absolute atomic E-state index is 0. The first-order chi connectivity index (χ1) is 7.25. The average molecular weight is 329 g/mol. The van der Waals surface area contributed by atoms with Crippen molar-refractivity contribution >= 4 is 16.7 Å². The molecule has 4 heteroatoms. The second-order valence-corrected chi connectivity index (χ2v) is 3.46. The second-order valence-electron chi connectivity index (χ2n) is 3.46. The van der Waals surface area contributed by atoms with Crippen LogP contribution in [0.2, 0.25) is 0 Å². The fraction of sp³-hybridized carbons (Fsp3) is 0.167. The summed E-state index contributed by atoms with van der Waals surface area (Å²) in [5, 5.41) is 10.9. The predicted molar refractivity (Wildman–Crippen MR) is 56.4 cm³/mol. The molecule has 0 saturated carbocycles. The second kappa shape index (κ2) is 5.79. The Bertz CT molecular complexity index is 499. The molecule has 0 amide bonds. The third kappa shape index (κ3) is 3.16. The van der Waals surface area contributed by atoms with E-state index < -0.39 is 5.97 Å². The number of pyridine rings is 1. The highest BCUT2D eigenvalue weighted by molar-refractivity contribution is 5.80. The van der Waals surface area contributed by atoms with Gasteiger partial charge in [-0.2, -0.15) is 0 Å². The first kappa shape index (κ1) is 12.9. The van der Waals surface area contributed by atoms with Crippen LogP contribution in [0.15, 0.2) is 42.7 Å². The van der Waals surface area contributed by atoms with Crippen LogP contribution in [-0.4, -0.2) is 11.1 Å². The third-order valence-corrected chi connectivity index (χ3v) is 2.33. The molecule has 16 heavy (non-hydrogen) atoms. The molecule has 0 bridgehead atoms. The van der Waals surface area contributed by atoms with Crippen LogP contribution in [-0.2, 0) is 11.3 Å². The van der Waals surface area contributed by atoms with Crippen molar-refractivity contribution in [3.8, 4) is 0 Å². The first-order valence-corrected chi connectivity index (χ1v) is 4.85. The predicted octanol–water partition coefficient (Wildman–Crippen LogP) is -1.39. The summed E-state index contributed by atoms with van der Waals surface area (Å²) in [7, 11) is 0. The molecule has 1 N–H and O–H groups in total. The summed E-state index contributed by atoms with van der Waals surface area (Å²) in [6.45, 7) is 0.514. The van der Waals surface area contributed by atoms with Gasteiger partial charge in [0.05, 0.1) is 0 Å². The summed E-state index contributed by atoms with van der Waals surface area (Å²) in [5.41, 5.74) is 0. The van der Waals surface area contributed by atoms with E-state index in [0.717, 1.165) is 5.39 Å². The van der Waals surface area contributed by atoms with Crippen LogP contribution in [0, 0.1) is 0 Å². The number of nitrogens with zero attached hydrogens (tertiary/aromatic N) is 1. The van der Waals surface area contributed by atoms with Gasteiger partial charge in [-0.1, -0.05) is 18.2 Å². The number of aromatic nitrogens is 1. The number of carboxylic acid groups (broad SMARTS) is 1. The summed E-state index contributed by atoms with van der Waals surface area (Å²) in [5.74, 6) is -0.768. The Labute approximate surface area is 111 Å². The quantitative estimate of drug-likeness (QED) is 0.556. The van der Waals surface area contributed by atoms with Gasteiger partial charge >= 0.3 is 5.97 Å². The Balaban J connectivity index is 0.00000128. The Hall–Kier alpha value is -1.17. The molecule has 0 unspecified atom stereocenters. The lowest BCUT2D eigenvalue weighted by atomic mass is 10.2. The topological polar surface area (TPSA) is 41.2 Å². The molecule has 0 fully saturated rings. The highest BCUT2D eigenvalue weighted by Gasteiger charge is 2.05. The molecule has 2 rings (SSSR count). The van der Waals surface area contributed by atoms with E-state index in [9.17, 15) is 4.79 Å². The molecule has 0 aliphatic rings. The van der Waals surface area contributed by atoms with E-state index in [2.05, 4.69) is 0 Å². The minimum atomic E-state index is -0.768. The van der Waals surface area contributed by atoms with Crippen LogP contribution in [0.25, 0.3) is 10.8 Å². The van der Waals surface area contributed by atoms with E-state index in [1.165, 1.54) is 5.39 Å². The molecule has 84 valence electrons. The summed E-state index contributed by atoms with van der Waals surface area (Å²) in [6, 6.07) is 10.0. The van der Waals surface area contributed by atoms with Gasteiger partial charge < -0.3 is 29.1 Å². The van der Waals surface area contributed by atoms with Gasteiger partial charge in [0.15, 0.2) is 18.9 Å². The van der Waals surface area contributed by atoms with E-state index >= 15 is 0 Å². The fourth-order valence-electron chi connectivity index (χ4n) is 1.54. The van der Waals surface area contributed by atoms with E-state index in [-0.39, 0.29) is 30.4 Å². The largest absolute Gasteiger partial charge is 1.00 e. The van der Waals surface area contributed by atoms with Crippen molar-refractivity contribution in [3.05, 3.63) is 42.7 Å². The Morgan fingerprint density at radius 1 is 1.19 bits per heavy atom. The molecule has 0 aliphatic heterocycles. The van der Waals surface area contributed by atoms with Crippen molar-refractivity contribution < 1.29 is 38.4 Å². The number of halogens is 1. The van der Waals surface area contributed by atoms with Gasteiger partial charge in [-0.3, -0.25) is 4.79 Å². The number of aryl methyl sites for hydroxylation is 1. The highest BCUT2D eigenvalue weighted by atomic mass is 127. The van der Waals surface area contributed by atoms with Crippen LogP contribution in [0.4, 0.5) is 0 Å². The van der Waals surface area contributed by atoms with E-state index in [4.69, 9.17) is 5.11 Å². The Kier molecular flexibility index (Phi) is 4.67. The molecule has 0 atom stereocenters. The van der Waals surface area contributed by atoms with Crippen molar-refractivity contribution in [3.63, 3.8) is 0 Å².